The third kappa shape index (κ3) is 7.24. The highest BCUT2D eigenvalue weighted by molar-refractivity contribution is 6.30. The zero-order valence-electron chi connectivity index (χ0n) is 17.0. The lowest BCUT2D eigenvalue weighted by Crippen LogP contribution is -2.28. The van der Waals surface area contributed by atoms with Crippen LogP contribution in [0, 0.1) is 5.82 Å². The number of benzene rings is 2. The maximum atomic E-state index is 13.4. The van der Waals surface area contributed by atoms with Crippen molar-refractivity contribution >= 4 is 23.4 Å². The number of halogens is 2. The number of ether oxygens (including phenoxy) is 1. The zero-order chi connectivity index (χ0) is 22.2. The maximum absolute atomic E-state index is 13.4. The zero-order valence-corrected chi connectivity index (χ0v) is 17.7. The number of likely N-dealkylation sites (N-methyl/N-ethyl adjacent to an activating group) is 1. The topological polar surface area (TPSA) is 74.7 Å². The van der Waals surface area contributed by atoms with Gasteiger partial charge >= 0.3 is 5.97 Å². The van der Waals surface area contributed by atoms with Crippen molar-refractivity contribution in [1.82, 2.24) is 9.88 Å². The van der Waals surface area contributed by atoms with Gasteiger partial charge in [-0.1, -0.05) is 23.7 Å². The maximum Gasteiger partial charge on any atom is 0.317 e. The molecule has 162 valence electrons. The highest BCUT2D eigenvalue weighted by atomic mass is 35.5. The summed E-state index contributed by atoms with van der Waals surface area (Å²) in [6, 6.07) is 16.7. The molecule has 3 rings (SSSR count). The van der Waals surface area contributed by atoms with Gasteiger partial charge in [-0.05, 0) is 67.6 Å². The highest BCUT2D eigenvalue weighted by Gasteiger charge is 2.15. The molecule has 1 aromatic heterocycles. The number of rotatable bonds is 10. The Hall–Kier alpha value is -3.16. The van der Waals surface area contributed by atoms with Crippen molar-refractivity contribution in [3.63, 3.8) is 0 Å². The monoisotopic (exact) mass is 443 g/mol. The minimum absolute atomic E-state index is 0.0505. The molecule has 1 heterocycles. The summed E-state index contributed by atoms with van der Waals surface area (Å²) in [5.41, 5.74) is 0.883. The molecule has 8 heteroatoms. The molecule has 3 aromatic rings. The van der Waals surface area contributed by atoms with E-state index in [-0.39, 0.29) is 18.4 Å². The Morgan fingerprint density at radius 3 is 2.42 bits per heavy atom. The highest BCUT2D eigenvalue weighted by Crippen LogP contribution is 2.26. The van der Waals surface area contributed by atoms with E-state index < -0.39 is 5.97 Å². The molecule has 0 saturated carbocycles. The van der Waals surface area contributed by atoms with Gasteiger partial charge in [0.25, 0.3) is 0 Å². The van der Waals surface area contributed by atoms with Crippen molar-refractivity contribution in [2.75, 3.05) is 25.5 Å². The first-order valence-electron chi connectivity index (χ1n) is 9.71. The van der Waals surface area contributed by atoms with Crippen LogP contribution in [-0.4, -0.2) is 41.1 Å². The van der Waals surface area contributed by atoms with Crippen LogP contribution in [0.2, 0.25) is 5.02 Å². The second-order valence-corrected chi connectivity index (χ2v) is 7.54. The Morgan fingerprint density at radius 1 is 1.13 bits per heavy atom. The summed E-state index contributed by atoms with van der Waals surface area (Å²) in [5.74, 6) is 0.655. The van der Waals surface area contributed by atoms with E-state index >= 15 is 0 Å². The Morgan fingerprint density at radius 2 is 1.81 bits per heavy atom. The summed E-state index contributed by atoms with van der Waals surface area (Å²) in [7, 11) is 1.75. The van der Waals surface area contributed by atoms with Crippen LogP contribution in [0.15, 0.2) is 66.9 Å². The fourth-order valence-corrected chi connectivity index (χ4v) is 3.15. The van der Waals surface area contributed by atoms with Crippen LogP contribution >= 0.6 is 11.6 Å². The lowest BCUT2D eigenvalue weighted by Gasteiger charge is -2.23. The molecule has 0 saturated heterocycles. The fraction of sp³-hybridized carbons (Fsp3) is 0.217. The fourth-order valence-electron chi connectivity index (χ4n) is 3.02. The molecule has 0 radical (unpaired) electrons. The summed E-state index contributed by atoms with van der Waals surface area (Å²) in [5, 5.41) is 12.9. The quantitative estimate of drug-likeness (QED) is 0.447. The number of aliphatic carboxylic acids is 1. The molecule has 1 unspecified atom stereocenters. The van der Waals surface area contributed by atoms with E-state index in [9.17, 15) is 9.18 Å². The third-order valence-corrected chi connectivity index (χ3v) is 4.84. The van der Waals surface area contributed by atoms with Gasteiger partial charge in [-0.3, -0.25) is 9.69 Å². The molecular formula is C23H23ClFN3O3. The summed E-state index contributed by atoms with van der Waals surface area (Å²) >= 11 is 5.88. The first kappa shape index (κ1) is 22.5. The molecule has 31 heavy (non-hydrogen) atoms. The third-order valence-electron chi connectivity index (χ3n) is 4.58. The lowest BCUT2D eigenvalue weighted by atomic mass is 10.0. The molecule has 6 nitrogen and oxygen atoms in total. The predicted octanol–water partition coefficient (Wildman–Crippen LogP) is 5.23. The Balaban J connectivity index is 1.68. The minimum atomic E-state index is -0.883. The molecular weight excluding hydrogens is 421 g/mol. The molecule has 0 aliphatic rings. The first-order chi connectivity index (χ1) is 14.9. The normalized spacial score (nSPS) is 11.9. The second kappa shape index (κ2) is 10.7. The molecule has 0 fully saturated rings. The minimum Gasteiger partial charge on any atom is -0.480 e. The standard InChI is InChI=1S/C23H23ClFN3O3/c1-28(15-23(29)30)13-12-21(16-2-6-18(25)7-3-16)27-22-11-10-20(14-26-22)31-19-8-4-17(24)5-9-19/h2-11,14,21H,12-13,15H2,1H3,(H,26,27)(H,29,30). The van der Waals surface area contributed by atoms with Gasteiger partial charge in [-0.25, -0.2) is 9.37 Å². The van der Waals surface area contributed by atoms with E-state index in [4.69, 9.17) is 21.4 Å². The van der Waals surface area contributed by atoms with Crippen LogP contribution < -0.4 is 10.1 Å². The van der Waals surface area contributed by atoms with Crippen molar-refractivity contribution in [2.24, 2.45) is 0 Å². The summed E-state index contributed by atoms with van der Waals surface area (Å²) < 4.78 is 19.1. The molecule has 0 spiro atoms. The number of carbonyl (C=O) groups is 1. The van der Waals surface area contributed by atoms with Gasteiger partial charge in [0.05, 0.1) is 18.8 Å². The van der Waals surface area contributed by atoms with E-state index in [1.165, 1.54) is 12.1 Å². The number of hydrogen-bond donors (Lipinski definition) is 2. The van der Waals surface area contributed by atoms with E-state index in [1.54, 1.807) is 66.7 Å². The van der Waals surface area contributed by atoms with E-state index in [0.29, 0.717) is 35.3 Å². The molecule has 0 amide bonds. The van der Waals surface area contributed by atoms with E-state index in [2.05, 4.69) is 10.3 Å². The van der Waals surface area contributed by atoms with Crippen LogP contribution in [0.3, 0.4) is 0 Å². The number of aromatic nitrogens is 1. The molecule has 2 aromatic carbocycles. The average molecular weight is 444 g/mol. The number of hydrogen-bond acceptors (Lipinski definition) is 5. The first-order valence-corrected chi connectivity index (χ1v) is 10.1. The number of pyridine rings is 1. The summed E-state index contributed by atoms with van der Waals surface area (Å²) in [6.45, 7) is 0.490. The lowest BCUT2D eigenvalue weighted by molar-refractivity contribution is -0.138. The van der Waals surface area contributed by atoms with Crippen molar-refractivity contribution < 1.29 is 19.0 Å². The molecule has 0 bridgehead atoms. The number of nitrogens with one attached hydrogen (secondary N) is 1. The Labute approximate surface area is 185 Å². The summed E-state index contributed by atoms with van der Waals surface area (Å²) in [6.07, 6.45) is 2.22. The van der Waals surface area contributed by atoms with Crippen LogP contribution in [0.4, 0.5) is 10.2 Å². The Bertz CT molecular complexity index is 982. The molecule has 1 atom stereocenters. The van der Waals surface area contributed by atoms with E-state index in [0.717, 1.165) is 5.56 Å². The van der Waals surface area contributed by atoms with Gasteiger partial charge in [0.1, 0.15) is 23.1 Å². The second-order valence-electron chi connectivity index (χ2n) is 7.10. The van der Waals surface area contributed by atoms with Crippen molar-refractivity contribution in [2.45, 2.75) is 12.5 Å². The summed E-state index contributed by atoms with van der Waals surface area (Å²) in [4.78, 5) is 17.0. The van der Waals surface area contributed by atoms with Crippen LogP contribution in [0.25, 0.3) is 0 Å². The van der Waals surface area contributed by atoms with Gasteiger partial charge in [-0.2, -0.15) is 0 Å². The van der Waals surface area contributed by atoms with Gasteiger partial charge < -0.3 is 15.2 Å². The Kier molecular flexibility index (Phi) is 7.81. The van der Waals surface area contributed by atoms with Crippen LogP contribution in [0.1, 0.15) is 18.0 Å². The number of carboxylic acids is 1. The largest absolute Gasteiger partial charge is 0.480 e. The van der Waals surface area contributed by atoms with Crippen LogP contribution in [0.5, 0.6) is 11.5 Å². The molecule has 0 aliphatic carbocycles. The van der Waals surface area contributed by atoms with Crippen molar-refractivity contribution in [1.29, 1.82) is 0 Å². The smallest absolute Gasteiger partial charge is 0.317 e. The van der Waals surface area contributed by atoms with Crippen molar-refractivity contribution in [3.05, 3.63) is 83.3 Å². The van der Waals surface area contributed by atoms with Gasteiger partial charge in [0.2, 0.25) is 0 Å². The van der Waals surface area contributed by atoms with E-state index in [1.807, 2.05) is 0 Å². The van der Waals surface area contributed by atoms with Gasteiger partial charge in [0, 0.05) is 11.6 Å². The van der Waals surface area contributed by atoms with Gasteiger partial charge in [0.15, 0.2) is 0 Å². The average Bonchev–Trinajstić information content (AvgIpc) is 2.74. The SMILES string of the molecule is CN(CCC(Nc1ccc(Oc2ccc(Cl)cc2)cn1)c1ccc(F)cc1)CC(=O)O. The number of nitrogens with zero attached hydrogens (tertiary/aromatic N) is 2. The molecule has 2 N–H and O–H groups in total. The van der Waals surface area contributed by atoms with Gasteiger partial charge in [-0.15, -0.1) is 0 Å². The predicted molar refractivity (Wildman–Crippen MR) is 118 cm³/mol. The van der Waals surface area contributed by atoms with Crippen molar-refractivity contribution in [3.8, 4) is 11.5 Å². The van der Waals surface area contributed by atoms with Crippen LogP contribution in [-0.2, 0) is 4.79 Å². The molecule has 0 aliphatic heterocycles. The number of carboxylic acid groups (broad SMARTS) is 1. The number of anilines is 1.